The normalized spacial score (nSPS) is 12.6. The van der Waals surface area contributed by atoms with Crippen LogP contribution in [0.15, 0.2) is 196 Å². The predicted octanol–water partition coefficient (Wildman–Crippen LogP) is 13.1. The molecule has 0 fully saturated rings. The van der Waals surface area contributed by atoms with Crippen molar-refractivity contribution < 1.29 is 4.42 Å². The predicted molar refractivity (Wildman–Crippen MR) is 240 cm³/mol. The minimum absolute atomic E-state index is 0.385. The van der Waals surface area contributed by atoms with Crippen LogP contribution in [0.3, 0.4) is 0 Å². The minimum Gasteiger partial charge on any atom is -0.455 e. The summed E-state index contributed by atoms with van der Waals surface area (Å²) in [6.45, 7) is 0.497. The second-order valence-corrected chi connectivity index (χ2v) is 15.4. The number of aliphatic imine (C=N–C) groups is 2. The highest BCUT2D eigenvalue weighted by molar-refractivity contribution is 7.25. The van der Waals surface area contributed by atoms with E-state index in [1.165, 1.54) is 42.0 Å². The summed E-state index contributed by atoms with van der Waals surface area (Å²) in [5.74, 6) is 0.970. The molecule has 270 valence electrons. The van der Waals surface area contributed by atoms with Gasteiger partial charge in [0.25, 0.3) is 0 Å². The van der Waals surface area contributed by atoms with E-state index in [1.54, 1.807) is 0 Å². The largest absolute Gasteiger partial charge is 0.455 e. The third-order valence-electron chi connectivity index (χ3n) is 10.9. The van der Waals surface area contributed by atoms with Crippen LogP contribution in [0, 0.1) is 0 Å². The van der Waals surface area contributed by atoms with E-state index in [2.05, 4.69) is 120 Å². The Hall–Kier alpha value is -7.28. The maximum atomic E-state index is 6.89. The van der Waals surface area contributed by atoms with Crippen LogP contribution in [-0.2, 0) is 6.54 Å². The van der Waals surface area contributed by atoms with Crippen molar-refractivity contribution in [1.29, 1.82) is 0 Å². The average molecular weight is 751 g/mol. The van der Waals surface area contributed by atoms with Gasteiger partial charge in [0.2, 0.25) is 0 Å². The molecule has 0 bridgehead atoms. The fourth-order valence-electron chi connectivity index (χ4n) is 8.26. The molecule has 0 unspecified atom stereocenters. The third kappa shape index (κ3) is 5.61. The van der Waals surface area contributed by atoms with Crippen molar-refractivity contribution in [3.63, 3.8) is 0 Å². The first kappa shape index (κ1) is 33.1. The second-order valence-electron chi connectivity index (χ2n) is 14.3. The molecule has 0 radical (unpaired) electrons. The van der Waals surface area contributed by atoms with Crippen LogP contribution in [0.2, 0.25) is 0 Å². The third-order valence-corrected chi connectivity index (χ3v) is 12.0. The lowest BCUT2D eigenvalue weighted by Gasteiger charge is -2.08. The fraction of sp³-hybridized carbons (Fsp3) is 0.0196. The Labute approximate surface area is 332 Å². The zero-order valence-electron chi connectivity index (χ0n) is 30.8. The molecular formula is C51H34N4OS. The number of rotatable bonds is 6. The van der Waals surface area contributed by atoms with Crippen LogP contribution in [0.4, 0.5) is 0 Å². The molecular weight excluding hydrogens is 717 g/mol. The molecule has 11 rings (SSSR count). The van der Waals surface area contributed by atoms with Gasteiger partial charge in [0.15, 0.2) is 5.84 Å². The lowest BCUT2D eigenvalue weighted by Crippen LogP contribution is -2.16. The molecule has 0 atom stereocenters. The van der Waals surface area contributed by atoms with E-state index < -0.39 is 0 Å². The zero-order valence-corrected chi connectivity index (χ0v) is 31.6. The van der Waals surface area contributed by atoms with E-state index in [0.29, 0.717) is 18.2 Å². The quantitative estimate of drug-likeness (QED) is 0.136. The SMILES string of the molecule is N/C(=N\C(=N/Cc1ccccc1)c1ccccc1)c1cccc2oc3c(-c4ccc5c(c4)sc4cc(-n6c7ccccc7c7ccccc76)ccc45)cccc3c12. The van der Waals surface area contributed by atoms with Crippen molar-refractivity contribution in [3.05, 3.63) is 199 Å². The summed E-state index contributed by atoms with van der Waals surface area (Å²) in [5, 5.41) is 6.97. The molecule has 8 aromatic carbocycles. The standard InChI is InChI=1S/C51H34N4OS/c52-50(54-51(33-15-5-2-6-16-33)53-31-32-13-3-1-4-14-32)42-21-12-24-45-48(42)41-20-11-19-36(49(41)56-45)34-25-27-39-40-28-26-35(30-47(40)57-46(39)29-34)55-43-22-9-7-17-37(43)38-18-8-10-23-44(38)55/h1-30H,31H2,(H2,52,53,54). The van der Waals surface area contributed by atoms with Crippen LogP contribution in [0.25, 0.3) is 80.7 Å². The number of thiophene rings is 1. The van der Waals surface area contributed by atoms with Gasteiger partial charge in [-0.2, -0.15) is 0 Å². The van der Waals surface area contributed by atoms with Gasteiger partial charge in [-0.25, -0.2) is 4.99 Å². The summed E-state index contributed by atoms with van der Waals surface area (Å²) in [5.41, 5.74) is 17.0. The molecule has 2 N–H and O–H groups in total. The van der Waals surface area contributed by atoms with Crippen LogP contribution in [0.1, 0.15) is 16.7 Å². The Balaban J connectivity index is 0.998. The highest BCUT2D eigenvalue weighted by Gasteiger charge is 2.19. The Bertz CT molecular complexity index is 3340. The van der Waals surface area contributed by atoms with Gasteiger partial charge in [-0.3, -0.25) is 4.99 Å². The summed E-state index contributed by atoms with van der Waals surface area (Å²) in [6.07, 6.45) is 0. The molecule has 0 aliphatic rings. The summed E-state index contributed by atoms with van der Waals surface area (Å²) in [4.78, 5) is 9.88. The van der Waals surface area contributed by atoms with Gasteiger partial charge in [-0.15, -0.1) is 11.3 Å². The molecule has 0 aliphatic heterocycles. The van der Waals surface area contributed by atoms with Gasteiger partial charge in [-0.05, 0) is 47.5 Å². The van der Waals surface area contributed by atoms with Crippen LogP contribution < -0.4 is 5.73 Å². The lowest BCUT2D eigenvalue weighted by molar-refractivity contribution is 0.670. The number of amidine groups is 2. The Morgan fingerprint density at radius 3 is 2.00 bits per heavy atom. The maximum absolute atomic E-state index is 6.89. The molecule has 0 amide bonds. The van der Waals surface area contributed by atoms with Gasteiger partial charge < -0.3 is 14.7 Å². The molecule has 0 saturated heterocycles. The summed E-state index contributed by atoms with van der Waals surface area (Å²) < 4.78 is 11.6. The van der Waals surface area contributed by atoms with Crippen molar-refractivity contribution in [1.82, 2.24) is 4.57 Å². The van der Waals surface area contributed by atoms with E-state index in [1.807, 2.05) is 78.1 Å². The number of aromatic nitrogens is 1. The van der Waals surface area contributed by atoms with Crippen molar-refractivity contribution in [2.75, 3.05) is 0 Å². The van der Waals surface area contributed by atoms with E-state index >= 15 is 0 Å². The molecule has 3 aromatic heterocycles. The number of furan rings is 1. The molecule has 11 aromatic rings. The molecule has 5 nitrogen and oxygen atoms in total. The van der Waals surface area contributed by atoms with Gasteiger partial charge in [0, 0.05) is 64.1 Å². The van der Waals surface area contributed by atoms with Crippen molar-refractivity contribution >= 4 is 86.9 Å². The second kappa shape index (κ2) is 13.5. The molecule has 0 spiro atoms. The van der Waals surface area contributed by atoms with Gasteiger partial charge in [-0.1, -0.05) is 146 Å². The summed E-state index contributed by atoms with van der Waals surface area (Å²) >= 11 is 1.83. The van der Waals surface area contributed by atoms with Crippen molar-refractivity contribution in [2.45, 2.75) is 6.54 Å². The highest BCUT2D eigenvalue weighted by atomic mass is 32.1. The average Bonchev–Trinajstić information content (AvgIpc) is 3.94. The Kier molecular flexibility index (Phi) is 7.83. The van der Waals surface area contributed by atoms with Crippen LogP contribution >= 0.6 is 11.3 Å². The maximum Gasteiger partial charge on any atom is 0.157 e. The molecule has 57 heavy (non-hydrogen) atoms. The summed E-state index contributed by atoms with van der Waals surface area (Å²) in [7, 11) is 0. The van der Waals surface area contributed by atoms with E-state index in [4.69, 9.17) is 20.1 Å². The van der Waals surface area contributed by atoms with Crippen LogP contribution in [-0.4, -0.2) is 16.2 Å². The number of para-hydroxylation sites is 3. The number of nitrogens with two attached hydrogens (primary N) is 1. The number of fused-ring (bicyclic) bond motifs is 9. The summed E-state index contributed by atoms with van der Waals surface area (Å²) in [6, 6.07) is 63.5. The first-order chi connectivity index (χ1) is 28.2. The minimum atomic E-state index is 0.385. The molecule has 3 heterocycles. The van der Waals surface area contributed by atoms with Gasteiger partial charge in [0.05, 0.1) is 17.6 Å². The Morgan fingerprint density at radius 2 is 1.23 bits per heavy atom. The van der Waals surface area contributed by atoms with Gasteiger partial charge in [0.1, 0.15) is 17.0 Å². The number of hydrogen-bond donors (Lipinski definition) is 1. The monoisotopic (exact) mass is 750 g/mol. The molecule has 6 heteroatoms. The number of hydrogen-bond acceptors (Lipinski definition) is 3. The fourth-order valence-corrected chi connectivity index (χ4v) is 9.44. The van der Waals surface area contributed by atoms with Crippen molar-refractivity contribution in [3.8, 4) is 16.8 Å². The van der Waals surface area contributed by atoms with Crippen molar-refractivity contribution in [2.24, 2.45) is 15.7 Å². The van der Waals surface area contributed by atoms with Crippen LogP contribution in [0.5, 0.6) is 0 Å². The topological polar surface area (TPSA) is 68.8 Å². The smallest absolute Gasteiger partial charge is 0.157 e. The van der Waals surface area contributed by atoms with E-state index in [9.17, 15) is 0 Å². The molecule has 0 aliphatic carbocycles. The van der Waals surface area contributed by atoms with E-state index in [-0.39, 0.29) is 0 Å². The Morgan fingerprint density at radius 1 is 0.579 bits per heavy atom. The first-order valence-electron chi connectivity index (χ1n) is 19.1. The lowest BCUT2D eigenvalue weighted by atomic mass is 9.99. The number of benzene rings is 8. The first-order valence-corrected chi connectivity index (χ1v) is 19.9. The highest BCUT2D eigenvalue weighted by Crippen LogP contribution is 2.42. The number of nitrogens with zero attached hydrogens (tertiary/aromatic N) is 3. The zero-order chi connectivity index (χ0) is 37.9. The van der Waals surface area contributed by atoms with Gasteiger partial charge >= 0.3 is 0 Å². The van der Waals surface area contributed by atoms with E-state index in [0.717, 1.165) is 55.4 Å². The molecule has 0 saturated carbocycles.